The average Bonchev–Trinajstić information content (AvgIpc) is 3.16. The van der Waals surface area contributed by atoms with E-state index in [1.54, 1.807) is 0 Å². The Kier molecular flexibility index (Phi) is 4.76. The second-order valence-electron chi connectivity index (χ2n) is 5.81. The van der Waals surface area contributed by atoms with Crippen LogP contribution in [0.25, 0.3) is 0 Å². The fourth-order valence-corrected chi connectivity index (χ4v) is 3.69. The van der Waals surface area contributed by atoms with E-state index in [0.717, 1.165) is 29.0 Å². The number of hydrogen-bond acceptors (Lipinski definition) is 3. The molecule has 0 radical (unpaired) electrons. The van der Waals surface area contributed by atoms with Gasteiger partial charge in [0.1, 0.15) is 0 Å². The van der Waals surface area contributed by atoms with Crippen molar-refractivity contribution < 1.29 is 9.59 Å². The predicted molar refractivity (Wildman–Crippen MR) is 91.5 cm³/mol. The molecule has 2 aromatic rings. The van der Waals surface area contributed by atoms with Gasteiger partial charge < -0.3 is 10.2 Å². The minimum absolute atomic E-state index is 0.0713. The maximum absolute atomic E-state index is 12.6. The number of nitrogens with zero attached hydrogens (tertiary/aromatic N) is 1. The Morgan fingerprint density at radius 3 is 2.70 bits per heavy atom. The lowest BCUT2D eigenvalue weighted by Gasteiger charge is -2.25. The summed E-state index contributed by atoms with van der Waals surface area (Å²) in [6, 6.07) is 11.6. The Balaban J connectivity index is 1.79. The van der Waals surface area contributed by atoms with Gasteiger partial charge in [-0.2, -0.15) is 0 Å². The second kappa shape index (κ2) is 6.96. The van der Waals surface area contributed by atoms with E-state index in [2.05, 4.69) is 5.32 Å². The van der Waals surface area contributed by atoms with Gasteiger partial charge >= 0.3 is 0 Å². The highest BCUT2D eigenvalue weighted by Crippen LogP contribution is 2.21. The lowest BCUT2D eigenvalue weighted by Crippen LogP contribution is -2.38. The van der Waals surface area contributed by atoms with Crippen LogP contribution in [-0.4, -0.2) is 29.8 Å². The Labute approximate surface area is 140 Å². The number of amides is 2. The highest BCUT2D eigenvalue weighted by atomic mass is 32.1. The monoisotopic (exact) mass is 328 g/mol. The number of carbonyl (C=O) groups excluding carboxylic acids is 2. The summed E-state index contributed by atoms with van der Waals surface area (Å²) in [4.78, 5) is 27.1. The standard InChI is InChI=1S/C18H20N2O2S/c1-13-9-11-23-17(13)18(22)19-15(14-6-3-2-4-7-14)12-20-10-5-8-16(20)21/h2-4,6-7,9,11,15H,5,8,10,12H2,1H3,(H,19,22)/t15-/m1/s1. The van der Waals surface area contributed by atoms with Crippen LogP contribution in [0.3, 0.4) is 0 Å². The number of thiophene rings is 1. The van der Waals surface area contributed by atoms with Crippen LogP contribution in [0.2, 0.25) is 0 Å². The van der Waals surface area contributed by atoms with Crippen LogP contribution < -0.4 is 5.32 Å². The topological polar surface area (TPSA) is 49.4 Å². The average molecular weight is 328 g/mol. The molecule has 0 spiro atoms. The maximum Gasteiger partial charge on any atom is 0.262 e. The van der Waals surface area contributed by atoms with Gasteiger partial charge in [-0.3, -0.25) is 9.59 Å². The number of aryl methyl sites for hydroxylation is 1. The molecular formula is C18H20N2O2S. The molecule has 1 atom stereocenters. The molecule has 4 nitrogen and oxygen atoms in total. The van der Waals surface area contributed by atoms with Crippen molar-refractivity contribution in [2.24, 2.45) is 0 Å². The number of benzene rings is 1. The minimum Gasteiger partial charge on any atom is -0.343 e. The molecule has 23 heavy (non-hydrogen) atoms. The second-order valence-corrected chi connectivity index (χ2v) is 6.73. The van der Waals surface area contributed by atoms with Crippen molar-refractivity contribution in [3.8, 4) is 0 Å². The summed E-state index contributed by atoms with van der Waals surface area (Å²) in [6.45, 7) is 3.24. The molecule has 1 aliphatic heterocycles. The highest BCUT2D eigenvalue weighted by Gasteiger charge is 2.26. The first-order valence-electron chi connectivity index (χ1n) is 7.83. The van der Waals surface area contributed by atoms with E-state index in [9.17, 15) is 9.59 Å². The van der Waals surface area contributed by atoms with E-state index < -0.39 is 0 Å². The molecule has 1 aliphatic rings. The van der Waals surface area contributed by atoms with Crippen LogP contribution in [0.15, 0.2) is 41.8 Å². The molecule has 3 rings (SSSR count). The summed E-state index contributed by atoms with van der Waals surface area (Å²) in [6.07, 6.45) is 1.51. The van der Waals surface area contributed by atoms with E-state index in [-0.39, 0.29) is 17.9 Å². The normalized spacial score (nSPS) is 15.7. The molecule has 1 N–H and O–H groups in total. The Bertz CT molecular complexity index is 696. The molecule has 0 bridgehead atoms. The zero-order valence-corrected chi connectivity index (χ0v) is 13.9. The van der Waals surface area contributed by atoms with Gasteiger partial charge in [-0.15, -0.1) is 11.3 Å². The van der Waals surface area contributed by atoms with Crippen molar-refractivity contribution in [2.75, 3.05) is 13.1 Å². The molecule has 1 aromatic heterocycles. The zero-order valence-electron chi connectivity index (χ0n) is 13.1. The van der Waals surface area contributed by atoms with E-state index in [1.807, 2.05) is 53.6 Å². The third-order valence-corrected chi connectivity index (χ3v) is 5.17. The number of carbonyl (C=O) groups is 2. The van der Waals surface area contributed by atoms with E-state index >= 15 is 0 Å². The number of rotatable bonds is 5. The first-order valence-corrected chi connectivity index (χ1v) is 8.71. The molecule has 5 heteroatoms. The predicted octanol–water partition coefficient (Wildman–Crippen LogP) is 3.15. The quantitative estimate of drug-likeness (QED) is 0.916. The molecule has 0 aliphatic carbocycles. The number of hydrogen-bond donors (Lipinski definition) is 1. The molecule has 1 saturated heterocycles. The molecule has 0 unspecified atom stereocenters. The van der Waals surface area contributed by atoms with Gasteiger partial charge in [0.05, 0.1) is 10.9 Å². The number of likely N-dealkylation sites (tertiary alicyclic amines) is 1. The summed E-state index contributed by atoms with van der Waals surface area (Å²) in [7, 11) is 0. The first kappa shape index (κ1) is 15.7. The molecule has 1 aromatic carbocycles. The van der Waals surface area contributed by atoms with Crippen molar-refractivity contribution in [2.45, 2.75) is 25.8 Å². The van der Waals surface area contributed by atoms with Gasteiger partial charge in [0.2, 0.25) is 5.91 Å². The van der Waals surface area contributed by atoms with Crippen LogP contribution in [0.4, 0.5) is 0 Å². The van der Waals surface area contributed by atoms with Crippen molar-refractivity contribution >= 4 is 23.2 Å². The maximum atomic E-state index is 12.6. The summed E-state index contributed by atoms with van der Waals surface area (Å²) in [5.74, 6) is 0.102. The molecular weight excluding hydrogens is 308 g/mol. The lowest BCUT2D eigenvalue weighted by molar-refractivity contribution is -0.128. The largest absolute Gasteiger partial charge is 0.343 e. The van der Waals surface area contributed by atoms with Gasteiger partial charge in [-0.1, -0.05) is 30.3 Å². The highest BCUT2D eigenvalue weighted by molar-refractivity contribution is 7.12. The van der Waals surface area contributed by atoms with Gasteiger partial charge in [0.25, 0.3) is 5.91 Å². The lowest BCUT2D eigenvalue weighted by atomic mass is 10.1. The molecule has 0 saturated carbocycles. The van der Waals surface area contributed by atoms with Crippen LogP contribution in [0, 0.1) is 6.92 Å². The zero-order chi connectivity index (χ0) is 16.2. The van der Waals surface area contributed by atoms with Crippen molar-refractivity contribution in [1.29, 1.82) is 0 Å². The fourth-order valence-electron chi connectivity index (χ4n) is 2.87. The molecule has 120 valence electrons. The summed E-state index contributed by atoms with van der Waals surface area (Å²) in [5.41, 5.74) is 2.01. The third kappa shape index (κ3) is 3.62. The van der Waals surface area contributed by atoms with Gasteiger partial charge in [0.15, 0.2) is 0 Å². The van der Waals surface area contributed by atoms with E-state index in [4.69, 9.17) is 0 Å². The van der Waals surface area contributed by atoms with E-state index in [1.165, 1.54) is 11.3 Å². The molecule has 2 amide bonds. The van der Waals surface area contributed by atoms with Crippen LogP contribution in [-0.2, 0) is 4.79 Å². The van der Waals surface area contributed by atoms with Gasteiger partial charge in [0, 0.05) is 19.5 Å². The fraction of sp³-hybridized carbons (Fsp3) is 0.333. The van der Waals surface area contributed by atoms with Crippen LogP contribution in [0.1, 0.15) is 39.7 Å². The SMILES string of the molecule is Cc1ccsc1C(=O)N[C@H](CN1CCCC1=O)c1ccccc1. The van der Waals surface area contributed by atoms with Crippen molar-refractivity contribution in [3.63, 3.8) is 0 Å². The Morgan fingerprint density at radius 2 is 2.09 bits per heavy atom. The minimum atomic E-state index is -0.188. The van der Waals surface area contributed by atoms with Gasteiger partial charge in [-0.05, 0) is 35.9 Å². The summed E-state index contributed by atoms with van der Waals surface area (Å²) in [5, 5.41) is 5.02. The third-order valence-electron chi connectivity index (χ3n) is 4.15. The molecule has 2 heterocycles. The van der Waals surface area contributed by atoms with Crippen molar-refractivity contribution in [1.82, 2.24) is 10.2 Å². The summed E-state index contributed by atoms with van der Waals surface area (Å²) < 4.78 is 0. The Morgan fingerprint density at radius 1 is 1.30 bits per heavy atom. The van der Waals surface area contributed by atoms with Crippen molar-refractivity contribution in [3.05, 3.63) is 57.8 Å². The van der Waals surface area contributed by atoms with Gasteiger partial charge in [-0.25, -0.2) is 0 Å². The summed E-state index contributed by atoms with van der Waals surface area (Å²) >= 11 is 1.45. The molecule has 1 fully saturated rings. The number of nitrogens with one attached hydrogen (secondary N) is 1. The van der Waals surface area contributed by atoms with Crippen LogP contribution in [0.5, 0.6) is 0 Å². The first-order chi connectivity index (χ1) is 11.1. The van der Waals surface area contributed by atoms with Crippen LogP contribution >= 0.6 is 11.3 Å². The smallest absolute Gasteiger partial charge is 0.262 e. The van der Waals surface area contributed by atoms with E-state index in [0.29, 0.717) is 13.0 Å². The Hall–Kier alpha value is -2.14.